The zero-order valence-corrected chi connectivity index (χ0v) is 16.3. The summed E-state index contributed by atoms with van der Waals surface area (Å²) in [5, 5.41) is 0. The molecule has 0 unspecified atom stereocenters. The third-order valence-corrected chi connectivity index (χ3v) is 6.53. The van der Waals surface area contributed by atoms with Gasteiger partial charge in [-0.2, -0.15) is 0 Å². The molecular formula is C20H34N4O2. The summed E-state index contributed by atoms with van der Waals surface area (Å²) in [6.45, 7) is 10.9. The molecule has 0 bridgehead atoms. The molecule has 0 aromatic rings. The second-order valence-corrected chi connectivity index (χ2v) is 8.14. The van der Waals surface area contributed by atoms with Gasteiger partial charge >= 0.3 is 0 Å². The van der Waals surface area contributed by atoms with E-state index in [0.717, 1.165) is 71.5 Å². The van der Waals surface area contributed by atoms with Crippen molar-refractivity contribution in [2.75, 3.05) is 59.4 Å². The van der Waals surface area contributed by atoms with Crippen LogP contribution in [0.1, 0.15) is 38.5 Å². The van der Waals surface area contributed by atoms with E-state index in [1.54, 1.807) is 0 Å². The summed E-state index contributed by atoms with van der Waals surface area (Å²) in [7, 11) is 2.19. The van der Waals surface area contributed by atoms with Crippen LogP contribution in [0, 0.1) is 0 Å². The number of rotatable bonds is 5. The molecule has 6 heteroatoms. The van der Waals surface area contributed by atoms with Crippen molar-refractivity contribution in [2.24, 2.45) is 0 Å². The highest BCUT2D eigenvalue weighted by Crippen LogP contribution is 2.32. The van der Waals surface area contributed by atoms with E-state index in [2.05, 4.69) is 23.4 Å². The van der Waals surface area contributed by atoms with Gasteiger partial charge in [0, 0.05) is 70.7 Å². The number of nitrogens with zero attached hydrogens (tertiary/aromatic N) is 4. The zero-order chi connectivity index (χ0) is 18.6. The Morgan fingerprint density at radius 3 is 2.65 bits per heavy atom. The quantitative estimate of drug-likeness (QED) is 0.689. The van der Waals surface area contributed by atoms with Crippen LogP contribution in [0.3, 0.4) is 0 Å². The van der Waals surface area contributed by atoms with Crippen LogP contribution in [0.25, 0.3) is 0 Å². The number of piperazine rings is 1. The van der Waals surface area contributed by atoms with Crippen molar-refractivity contribution < 1.29 is 9.59 Å². The van der Waals surface area contributed by atoms with Crippen molar-refractivity contribution in [3.63, 3.8) is 0 Å². The van der Waals surface area contributed by atoms with Crippen molar-refractivity contribution in [2.45, 2.75) is 44.1 Å². The Morgan fingerprint density at radius 2 is 1.92 bits per heavy atom. The predicted octanol–water partition coefficient (Wildman–Crippen LogP) is 1.18. The largest absolute Gasteiger partial charge is 0.343 e. The normalized spacial score (nSPS) is 28.6. The fourth-order valence-corrected chi connectivity index (χ4v) is 4.69. The van der Waals surface area contributed by atoms with Crippen LogP contribution in [0.4, 0.5) is 0 Å². The molecule has 146 valence electrons. The Hall–Kier alpha value is -1.40. The highest BCUT2D eigenvalue weighted by Gasteiger charge is 2.42. The lowest BCUT2D eigenvalue weighted by Gasteiger charge is -2.49. The fraction of sp³-hybridized carbons (Fsp3) is 0.800. The molecule has 1 atom stereocenters. The molecule has 0 aromatic carbocycles. The Kier molecular flexibility index (Phi) is 6.35. The molecule has 3 aliphatic rings. The first kappa shape index (κ1) is 19.4. The third kappa shape index (κ3) is 4.29. The maximum atomic E-state index is 12.4. The van der Waals surface area contributed by atoms with E-state index < -0.39 is 0 Å². The van der Waals surface area contributed by atoms with Gasteiger partial charge in [0.1, 0.15) is 0 Å². The van der Waals surface area contributed by atoms with E-state index in [1.807, 2.05) is 15.9 Å². The minimum Gasteiger partial charge on any atom is -0.343 e. The minimum absolute atomic E-state index is 0.0561. The van der Waals surface area contributed by atoms with Gasteiger partial charge in [0.2, 0.25) is 11.8 Å². The van der Waals surface area contributed by atoms with Crippen LogP contribution in [0.2, 0.25) is 0 Å². The van der Waals surface area contributed by atoms with Crippen molar-refractivity contribution in [1.29, 1.82) is 0 Å². The van der Waals surface area contributed by atoms with E-state index in [1.165, 1.54) is 0 Å². The topological polar surface area (TPSA) is 47.1 Å². The number of hydrogen-bond donors (Lipinski definition) is 0. The van der Waals surface area contributed by atoms with E-state index in [0.29, 0.717) is 25.3 Å². The smallest absolute Gasteiger partial charge is 0.223 e. The van der Waals surface area contributed by atoms with Crippen LogP contribution in [0.5, 0.6) is 0 Å². The lowest BCUT2D eigenvalue weighted by atomic mass is 9.86. The Labute approximate surface area is 157 Å². The van der Waals surface area contributed by atoms with Gasteiger partial charge < -0.3 is 9.80 Å². The monoisotopic (exact) mass is 362 g/mol. The minimum atomic E-state index is 0.0561. The summed E-state index contributed by atoms with van der Waals surface area (Å²) in [5.41, 5.74) is 0.0561. The first-order valence-corrected chi connectivity index (χ1v) is 10.1. The first-order chi connectivity index (χ1) is 12.5. The number of carbonyl (C=O) groups excluding carboxylic acids is 2. The standard InChI is InChI=1S/C20H34N4O2/c1-3-10-23-14-9-20(8-6-18(23)25)17-22(16-15-21(20)2)13-7-19(26)24-11-4-5-12-24/h3H,1,4-17H2,2H3/t20-/m1/s1. The Morgan fingerprint density at radius 1 is 1.15 bits per heavy atom. The van der Waals surface area contributed by atoms with E-state index in [-0.39, 0.29) is 11.4 Å². The summed E-state index contributed by atoms with van der Waals surface area (Å²) in [5.74, 6) is 0.556. The number of hydrogen-bond acceptors (Lipinski definition) is 4. The molecule has 1 spiro atoms. The van der Waals surface area contributed by atoms with Gasteiger partial charge in [-0.15, -0.1) is 6.58 Å². The van der Waals surface area contributed by atoms with Gasteiger partial charge in [-0.05, 0) is 32.7 Å². The molecule has 0 N–H and O–H groups in total. The number of carbonyl (C=O) groups is 2. The second-order valence-electron chi connectivity index (χ2n) is 8.14. The van der Waals surface area contributed by atoms with Gasteiger partial charge in [-0.25, -0.2) is 0 Å². The van der Waals surface area contributed by atoms with Gasteiger partial charge in [0.25, 0.3) is 0 Å². The van der Waals surface area contributed by atoms with Crippen LogP contribution >= 0.6 is 0 Å². The molecule has 3 fully saturated rings. The molecule has 6 nitrogen and oxygen atoms in total. The first-order valence-electron chi connectivity index (χ1n) is 10.1. The molecule has 0 saturated carbocycles. The Balaban J connectivity index is 1.57. The summed E-state index contributed by atoms with van der Waals surface area (Å²) >= 11 is 0. The summed E-state index contributed by atoms with van der Waals surface area (Å²) in [6.07, 6.45) is 7.26. The molecule has 3 saturated heterocycles. The van der Waals surface area contributed by atoms with Crippen molar-refractivity contribution in [1.82, 2.24) is 19.6 Å². The van der Waals surface area contributed by atoms with E-state index in [9.17, 15) is 9.59 Å². The fourth-order valence-electron chi connectivity index (χ4n) is 4.69. The van der Waals surface area contributed by atoms with Gasteiger partial charge in [0.15, 0.2) is 0 Å². The SMILES string of the molecule is C=CCN1CC[C@]2(CCC1=O)CN(CCC(=O)N1CCCC1)CCN2C. The van der Waals surface area contributed by atoms with Crippen molar-refractivity contribution in [3.05, 3.63) is 12.7 Å². The molecule has 3 heterocycles. The molecule has 0 radical (unpaired) electrons. The molecule has 3 aliphatic heterocycles. The molecule has 0 aromatic heterocycles. The number of amides is 2. The van der Waals surface area contributed by atoms with Crippen molar-refractivity contribution >= 4 is 11.8 Å². The van der Waals surface area contributed by atoms with Gasteiger partial charge in [0.05, 0.1) is 0 Å². The lowest BCUT2D eigenvalue weighted by molar-refractivity contribution is -0.131. The average molecular weight is 363 g/mol. The van der Waals surface area contributed by atoms with E-state index in [4.69, 9.17) is 0 Å². The van der Waals surface area contributed by atoms with Crippen LogP contribution in [-0.4, -0.2) is 96.4 Å². The van der Waals surface area contributed by atoms with Gasteiger partial charge in [-0.3, -0.25) is 19.4 Å². The van der Waals surface area contributed by atoms with Crippen LogP contribution in [0.15, 0.2) is 12.7 Å². The van der Waals surface area contributed by atoms with E-state index >= 15 is 0 Å². The summed E-state index contributed by atoms with van der Waals surface area (Å²) in [6, 6.07) is 0. The highest BCUT2D eigenvalue weighted by atomic mass is 16.2. The zero-order valence-electron chi connectivity index (χ0n) is 16.3. The Bertz CT molecular complexity index is 532. The number of likely N-dealkylation sites (N-methyl/N-ethyl adjacent to an activating group) is 1. The third-order valence-electron chi connectivity index (χ3n) is 6.53. The average Bonchev–Trinajstić information content (AvgIpc) is 3.13. The van der Waals surface area contributed by atoms with Crippen LogP contribution < -0.4 is 0 Å². The highest BCUT2D eigenvalue weighted by molar-refractivity contribution is 5.77. The van der Waals surface area contributed by atoms with Gasteiger partial charge in [-0.1, -0.05) is 6.08 Å². The molecule has 26 heavy (non-hydrogen) atoms. The predicted molar refractivity (Wildman–Crippen MR) is 103 cm³/mol. The molecule has 2 amide bonds. The van der Waals surface area contributed by atoms with Crippen LogP contribution in [-0.2, 0) is 9.59 Å². The molecule has 0 aliphatic carbocycles. The second kappa shape index (κ2) is 8.53. The molecule has 3 rings (SSSR count). The maximum absolute atomic E-state index is 12.4. The molecular weight excluding hydrogens is 328 g/mol. The number of likely N-dealkylation sites (tertiary alicyclic amines) is 2. The maximum Gasteiger partial charge on any atom is 0.223 e. The van der Waals surface area contributed by atoms with Crippen molar-refractivity contribution in [3.8, 4) is 0 Å². The lowest BCUT2D eigenvalue weighted by Crippen LogP contribution is -2.61. The summed E-state index contributed by atoms with van der Waals surface area (Å²) in [4.78, 5) is 33.6. The summed E-state index contributed by atoms with van der Waals surface area (Å²) < 4.78 is 0.